The molecular weight excluding hydrogens is 458 g/mol. The first-order valence-electron chi connectivity index (χ1n) is 7.90. The quantitative estimate of drug-likeness (QED) is 0.0792. The van der Waals surface area contributed by atoms with E-state index in [-0.39, 0.29) is 11.9 Å². The zero-order valence-electron chi connectivity index (χ0n) is 14.6. The number of nitrogens with one attached hydrogen (secondary N) is 4. The van der Waals surface area contributed by atoms with Crippen LogP contribution in [0.15, 0.2) is 0 Å². The molecule has 1 spiro atoms. The van der Waals surface area contributed by atoms with Gasteiger partial charge in [-0.05, 0) is 0 Å². The number of ether oxygens (including phenoxy) is 1. The molecule has 30 heavy (non-hydrogen) atoms. The molecule has 20 heteroatoms. The first-order valence-corrected chi connectivity index (χ1v) is 10.6. The van der Waals surface area contributed by atoms with Gasteiger partial charge in [-0.25, -0.2) is 36.2 Å². The van der Waals surface area contributed by atoms with Gasteiger partial charge in [0.15, 0.2) is 22.4 Å². The fourth-order valence-electron chi connectivity index (χ4n) is 3.73. The van der Waals surface area contributed by atoms with Crippen molar-refractivity contribution >= 4 is 38.7 Å². The molecule has 0 radical (unpaired) electrons. The van der Waals surface area contributed by atoms with Crippen LogP contribution in [0.25, 0.3) is 0 Å². The lowest BCUT2D eigenvalue weighted by molar-refractivity contribution is -0.674. The minimum absolute atomic E-state index is 0.226. The number of nitrogens with two attached hydrogens (primary N) is 2. The molecule has 0 saturated carbocycles. The van der Waals surface area contributed by atoms with E-state index >= 15 is 0 Å². The summed E-state index contributed by atoms with van der Waals surface area (Å²) in [6.45, 7) is -1.26. The zero-order valence-corrected chi connectivity index (χ0v) is 16.3. The van der Waals surface area contributed by atoms with E-state index in [1.807, 2.05) is 0 Å². The number of nitrogens with zero attached hydrogens (tertiary/aromatic N) is 1. The van der Waals surface area contributed by atoms with Crippen LogP contribution in [0.4, 0.5) is 4.79 Å². The lowest BCUT2D eigenvalue weighted by Gasteiger charge is -2.40. The molecule has 1 saturated heterocycles. The molecule has 0 unspecified atom stereocenters. The van der Waals surface area contributed by atoms with Crippen molar-refractivity contribution in [1.82, 2.24) is 15.4 Å². The van der Waals surface area contributed by atoms with Crippen LogP contribution < -0.4 is 31.8 Å². The van der Waals surface area contributed by atoms with Crippen molar-refractivity contribution in [3.05, 3.63) is 0 Å². The summed E-state index contributed by atoms with van der Waals surface area (Å²) in [4.78, 5) is 14.0. The third kappa shape index (κ3) is 3.68. The number of carbonyl (C=O) groups is 1. The number of hydrogen-bond donors (Lipinski definition) is 8. The van der Waals surface area contributed by atoms with E-state index in [0.717, 1.165) is 9.30 Å². The number of aliphatic hydroxyl groups is 2. The van der Waals surface area contributed by atoms with Crippen molar-refractivity contribution in [2.75, 3.05) is 13.2 Å². The zero-order chi connectivity index (χ0) is 22.7. The molecule has 18 nitrogen and oxygen atoms in total. The average Bonchev–Trinajstić information content (AvgIpc) is 2.99. The lowest BCUT2D eigenvalue weighted by atomic mass is 9.86. The predicted molar refractivity (Wildman–Crippen MR) is 87.0 cm³/mol. The molecular formula is C10H17N7O11S2. The van der Waals surface area contributed by atoms with Crippen LogP contribution >= 0.6 is 0 Å². The summed E-state index contributed by atoms with van der Waals surface area (Å²) in [5, 5.41) is 26.6. The molecule has 3 aliphatic rings. The molecule has 0 bridgehead atoms. The monoisotopic (exact) mass is 475 g/mol. The molecule has 170 valence electrons. The fraction of sp³-hybridized carbons (Fsp3) is 0.700. The molecule has 0 aromatic heterocycles. The molecule has 3 rings (SSSR count). The van der Waals surface area contributed by atoms with E-state index in [4.69, 9.17) is 11.5 Å². The Morgan fingerprint density at radius 2 is 1.97 bits per heavy atom. The van der Waals surface area contributed by atoms with E-state index in [0.29, 0.717) is 0 Å². The third-order valence-electron chi connectivity index (χ3n) is 4.73. The maximum Gasteiger partial charge on any atom is 0.420 e. The molecule has 3 heterocycles. The van der Waals surface area contributed by atoms with Crippen molar-refractivity contribution in [1.29, 1.82) is 0 Å². The van der Waals surface area contributed by atoms with Gasteiger partial charge in [0.25, 0.3) is 11.4 Å². The standard InChI is InChI=1S/C10H17N7O11S2/c11-6-14-5-3(2-27-8(18)16-29(21,22)23)13-7(12)17-1-4(28-30(24,25)26)10(19,20)9(5,17)15-6/h3-5,19-20H,1-2H2,(H8,11,12,13,14,15,16,18,21,22,23,24,25,26)/t3-,4+,5-,9-/m0/s1. The van der Waals surface area contributed by atoms with E-state index in [1.54, 1.807) is 0 Å². The fourth-order valence-corrected chi connectivity index (χ4v) is 4.48. The van der Waals surface area contributed by atoms with Gasteiger partial charge in [-0.1, -0.05) is 0 Å². The minimum atomic E-state index is -5.35. The number of hydrogen-bond acceptors (Lipinski definition) is 15. The molecule has 3 aliphatic heterocycles. The molecule has 0 aromatic carbocycles. The second-order valence-corrected chi connectivity index (χ2v) is 8.67. The number of guanidine groups is 2. The molecule has 0 aliphatic carbocycles. The summed E-state index contributed by atoms with van der Waals surface area (Å²) in [6.07, 6.45) is -3.62. The Hall–Kier alpha value is -2.49. The number of amides is 1. The van der Waals surface area contributed by atoms with Gasteiger partial charge in [-0.3, -0.25) is 26.0 Å². The summed E-state index contributed by atoms with van der Waals surface area (Å²) < 4.78 is 75.6. The van der Waals surface area contributed by atoms with Crippen molar-refractivity contribution < 1.29 is 59.4 Å². The van der Waals surface area contributed by atoms with Crippen LogP contribution in [-0.4, -0.2) is 102 Å². The number of rotatable bonds is 5. The van der Waals surface area contributed by atoms with Gasteiger partial charge in [0.1, 0.15) is 19.2 Å². The van der Waals surface area contributed by atoms with E-state index in [2.05, 4.69) is 24.5 Å². The lowest BCUT2D eigenvalue weighted by Crippen LogP contribution is -2.91. The van der Waals surface area contributed by atoms with Crippen LogP contribution in [0.1, 0.15) is 0 Å². The molecule has 1 fully saturated rings. The van der Waals surface area contributed by atoms with Crippen molar-refractivity contribution in [3.63, 3.8) is 0 Å². The van der Waals surface area contributed by atoms with Gasteiger partial charge in [0.2, 0.25) is 10.4 Å². The van der Waals surface area contributed by atoms with Gasteiger partial charge < -0.3 is 24.1 Å². The van der Waals surface area contributed by atoms with E-state index in [1.165, 1.54) is 0 Å². The maximum absolute atomic E-state index is 11.4. The van der Waals surface area contributed by atoms with E-state index in [9.17, 15) is 40.9 Å². The molecule has 0 aromatic rings. The minimum Gasteiger partial charge on any atom is -0.731 e. The summed E-state index contributed by atoms with van der Waals surface area (Å²) in [7, 11) is -10.5. The first kappa shape index (κ1) is 22.2. The van der Waals surface area contributed by atoms with Crippen LogP contribution in [0.3, 0.4) is 0 Å². The predicted octanol–water partition coefficient (Wildman–Crippen LogP) is -8.92. The summed E-state index contributed by atoms with van der Waals surface area (Å²) in [6, 6.07) is -2.35. The summed E-state index contributed by atoms with van der Waals surface area (Å²) >= 11 is 0. The molecule has 10 N–H and O–H groups in total. The normalized spacial score (nSPS) is 32.4. The van der Waals surface area contributed by atoms with Crippen molar-refractivity contribution in [2.45, 2.75) is 29.6 Å². The average molecular weight is 475 g/mol. The Bertz CT molecular complexity index is 1040. The molecule has 1 amide bonds. The Kier molecular flexibility index (Phi) is 5.00. The third-order valence-corrected chi connectivity index (χ3v) is 5.62. The SMILES string of the molecule is NC1=[NH+][C@H]2[C@H](COC(=O)NS(=O)(=O)[O-])NC(N)=[N+]3C[C@@H](OS(=O)(=O)[O-])C(O)(O)[C@]23N1. The topological polar surface area (TPSA) is 295 Å². The Labute approximate surface area is 168 Å². The highest BCUT2D eigenvalue weighted by atomic mass is 32.3. The highest BCUT2D eigenvalue weighted by Gasteiger charge is 2.78. The molecule has 4 atom stereocenters. The van der Waals surface area contributed by atoms with E-state index < -0.39 is 69.6 Å². The van der Waals surface area contributed by atoms with Crippen molar-refractivity contribution in [2.24, 2.45) is 11.5 Å². The van der Waals surface area contributed by atoms with Gasteiger partial charge in [0, 0.05) is 0 Å². The van der Waals surface area contributed by atoms with Crippen molar-refractivity contribution in [3.8, 4) is 0 Å². The number of carbonyl (C=O) groups excluding carboxylic acids is 1. The van der Waals surface area contributed by atoms with Crippen LogP contribution in [0.2, 0.25) is 0 Å². The van der Waals surface area contributed by atoms with Gasteiger partial charge in [0.05, 0.1) is 0 Å². The first-order chi connectivity index (χ1) is 13.6. The Morgan fingerprint density at radius 3 is 2.53 bits per heavy atom. The van der Waals surface area contributed by atoms with Gasteiger partial charge in [-0.15, -0.1) is 0 Å². The Morgan fingerprint density at radius 1 is 1.33 bits per heavy atom. The second kappa shape index (κ2) is 6.76. The largest absolute Gasteiger partial charge is 0.731 e. The summed E-state index contributed by atoms with van der Waals surface area (Å²) in [5.41, 5.74) is 9.46. The van der Waals surface area contributed by atoms with Crippen LogP contribution in [-0.2, 0) is 29.6 Å². The maximum atomic E-state index is 11.4. The highest BCUT2D eigenvalue weighted by molar-refractivity contribution is 7.84. The second-order valence-electron chi connectivity index (χ2n) is 6.55. The highest BCUT2D eigenvalue weighted by Crippen LogP contribution is 2.39. The van der Waals surface area contributed by atoms with Crippen LogP contribution in [0.5, 0.6) is 0 Å². The smallest absolute Gasteiger partial charge is 0.420 e. The van der Waals surface area contributed by atoms with Gasteiger partial charge in [-0.2, -0.15) is 0 Å². The van der Waals surface area contributed by atoms with Crippen LogP contribution in [0, 0.1) is 0 Å². The summed E-state index contributed by atoms with van der Waals surface area (Å²) in [5.74, 6) is -3.60. The Balaban J connectivity index is 1.93. The van der Waals surface area contributed by atoms with Gasteiger partial charge >= 0.3 is 18.0 Å².